The first-order chi connectivity index (χ1) is 11.5. The summed E-state index contributed by atoms with van der Waals surface area (Å²) in [6, 6.07) is 15.0. The standard InChI is InChI=1S/C20H28N4.HI/c1-15-9-10-18(16(2)11-15)14-23-20(21-3)22-13-17-7-6-8-19(12-17)24(4)5;/h6-12H,13-14H2,1-5H3,(H2,21,22,23);1H. The Bertz CT molecular complexity index is 711. The molecule has 0 unspecified atom stereocenters. The molecule has 2 rings (SSSR count). The van der Waals surface area contributed by atoms with Gasteiger partial charge in [-0.05, 0) is 42.7 Å². The first kappa shape index (κ1) is 21.3. The second-order valence-corrected chi connectivity index (χ2v) is 6.27. The third-order valence-corrected chi connectivity index (χ3v) is 4.05. The highest BCUT2D eigenvalue weighted by atomic mass is 127. The number of aliphatic imine (C=N–C) groups is 1. The van der Waals surface area contributed by atoms with Crippen molar-refractivity contribution in [2.75, 3.05) is 26.0 Å². The Morgan fingerprint density at radius 1 is 1.00 bits per heavy atom. The van der Waals surface area contributed by atoms with Gasteiger partial charge in [0.15, 0.2) is 5.96 Å². The smallest absolute Gasteiger partial charge is 0.191 e. The van der Waals surface area contributed by atoms with E-state index in [0.29, 0.717) is 0 Å². The lowest BCUT2D eigenvalue weighted by Crippen LogP contribution is -2.36. The van der Waals surface area contributed by atoms with Crippen LogP contribution in [0, 0.1) is 13.8 Å². The van der Waals surface area contributed by atoms with Crippen LogP contribution in [0.5, 0.6) is 0 Å². The minimum Gasteiger partial charge on any atom is -0.378 e. The molecule has 0 aromatic heterocycles. The fourth-order valence-corrected chi connectivity index (χ4v) is 2.57. The molecule has 25 heavy (non-hydrogen) atoms. The molecule has 0 heterocycles. The zero-order valence-electron chi connectivity index (χ0n) is 15.8. The molecule has 4 nitrogen and oxygen atoms in total. The third kappa shape index (κ3) is 6.57. The van der Waals surface area contributed by atoms with Gasteiger partial charge < -0.3 is 15.5 Å². The monoisotopic (exact) mass is 452 g/mol. The van der Waals surface area contributed by atoms with Crippen LogP contribution >= 0.6 is 24.0 Å². The Kier molecular flexibility index (Phi) is 8.75. The number of hydrogen-bond acceptors (Lipinski definition) is 2. The van der Waals surface area contributed by atoms with Gasteiger partial charge in [-0.1, -0.05) is 35.9 Å². The van der Waals surface area contributed by atoms with Crippen LogP contribution in [0.1, 0.15) is 22.3 Å². The number of guanidine groups is 1. The third-order valence-electron chi connectivity index (χ3n) is 4.05. The zero-order chi connectivity index (χ0) is 17.5. The van der Waals surface area contributed by atoms with E-state index < -0.39 is 0 Å². The van der Waals surface area contributed by atoms with Crippen LogP contribution in [0.3, 0.4) is 0 Å². The van der Waals surface area contributed by atoms with Crippen LogP contribution in [-0.4, -0.2) is 27.1 Å². The van der Waals surface area contributed by atoms with E-state index in [0.717, 1.165) is 19.0 Å². The van der Waals surface area contributed by atoms with E-state index in [4.69, 9.17) is 0 Å². The first-order valence-electron chi connectivity index (χ1n) is 8.26. The topological polar surface area (TPSA) is 39.7 Å². The van der Waals surface area contributed by atoms with Crippen molar-refractivity contribution in [1.29, 1.82) is 0 Å². The van der Waals surface area contributed by atoms with E-state index in [-0.39, 0.29) is 24.0 Å². The number of hydrogen-bond donors (Lipinski definition) is 2. The molecule has 0 aliphatic carbocycles. The fourth-order valence-electron chi connectivity index (χ4n) is 2.57. The summed E-state index contributed by atoms with van der Waals surface area (Å²) in [6.07, 6.45) is 0. The number of halogens is 1. The molecule has 0 bridgehead atoms. The maximum absolute atomic E-state index is 4.31. The molecule has 0 aliphatic rings. The number of anilines is 1. The average Bonchev–Trinajstić information content (AvgIpc) is 2.56. The highest BCUT2D eigenvalue weighted by Gasteiger charge is 2.03. The minimum atomic E-state index is 0. The quantitative estimate of drug-likeness (QED) is 0.411. The van der Waals surface area contributed by atoms with Gasteiger partial charge in [0, 0.05) is 39.9 Å². The summed E-state index contributed by atoms with van der Waals surface area (Å²) in [5.74, 6) is 0.810. The molecule has 0 spiro atoms. The Morgan fingerprint density at radius 2 is 1.72 bits per heavy atom. The molecule has 2 N–H and O–H groups in total. The van der Waals surface area contributed by atoms with Crippen molar-refractivity contribution in [1.82, 2.24) is 10.6 Å². The van der Waals surface area contributed by atoms with Crippen molar-refractivity contribution in [3.05, 3.63) is 64.7 Å². The minimum absolute atomic E-state index is 0. The number of nitrogens with one attached hydrogen (secondary N) is 2. The maximum Gasteiger partial charge on any atom is 0.191 e. The highest BCUT2D eigenvalue weighted by molar-refractivity contribution is 14.0. The summed E-state index contributed by atoms with van der Waals surface area (Å²) in [5.41, 5.74) is 6.32. The second kappa shape index (κ2) is 10.3. The van der Waals surface area contributed by atoms with Gasteiger partial charge in [0.25, 0.3) is 0 Å². The lowest BCUT2D eigenvalue weighted by molar-refractivity contribution is 0.806. The van der Waals surface area contributed by atoms with Crippen LogP contribution in [0.25, 0.3) is 0 Å². The van der Waals surface area contributed by atoms with Gasteiger partial charge in [0.2, 0.25) is 0 Å². The summed E-state index contributed by atoms with van der Waals surface area (Å²) in [5, 5.41) is 6.76. The fraction of sp³-hybridized carbons (Fsp3) is 0.350. The van der Waals surface area contributed by atoms with Crippen LogP contribution in [0.15, 0.2) is 47.5 Å². The van der Waals surface area contributed by atoms with E-state index >= 15 is 0 Å². The lowest BCUT2D eigenvalue weighted by atomic mass is 10.1. The van der Waals surface area contributed by atoms with E-state index in [1.54, 1.807) is 7.05 Å². The van der Waals surface area contributed by atoms with E-state index in [9.17, 15) is 0 Å². The SMILES string of the molecule is CN=C(NCc1cccc(N(C)C)c1)NCc1ccc(C)cc1C.I. The largest absolute Gasteiger partial charge is 0.378 e. The molecule has 0 saturated heterocycles. The maximum atomic E-state index is 4.31. The van der Waals surface area contributed by atoms with Crippen molar-refractivity contribution in [3.63, 3.8) is 0 Å². The van der Waals surface area contributed by atoms with Gasteiger partial charge in [0.1, 0.15) is 0 Å². The van der Waals surface area contributed by atoms with Gasteiger partial charge >= 0.3 is 0 Å². The van der Waals surface area contributed by atoms with Crippen LogP contribution in [0.2, 0.25) is 0 Å². The average molecular weight is 452 g/mol. The Morgan fingerprint density at radius 3 is 2.36 bits per heavy atom. The number of aryl methyl sites for hydroxylation is 2. The van der Waals surface area contributed by atoms with E-state index in [2.05, 4.69) is 90.9 Å². The Balaban J connectivity index is 0.00000312. The van der Waals surface area contributed by atoms with Crippen molar-refractivity contribution < 1.29 is 0 Å². The zero-order valence-corrected chi connectivity index (χ0v) is 18.1. The predicted octanol–water partition coefficient (Wildman–Crippen LogP) is 3.85. The van der Waals surface area contributed by atoms with Gasteiger partial charge in [-0.3, -0.25) is 4.99 Å². The summed E-state index contributed by atoms with van der Waals surface area (Å²) in [6.45, 7) is 5.78. The molecule has 2 aromatic rings. The predicted molar refractivity (Wildman–Crippen MR) is 119 cm³/mol. The van der Waals surface area contributed by atoms with Crippen molar-refractivity contribution >= 4 is 35.6 Å². The number of nitrogens with zero attached hydrogens (tertiary/aromatic N) is 2. The molecule has 0 fully saturated rings. The first-order valence-corrected chi connectivity index (χ1v) is 8.26. The Hall–Kier alpha value is -1.76. The molecular formula is C20H29IN4. The van der Waals surface area contributed by atoms with Crippen LogP contribution < -0.4 is 15.5 Å². The molecule has 0 saturated carbocycles. The number of rotatable bonds is 5. The normalized spacial score (nSPS) is 10.8. The van der Waals surface area contributed by atoms with Crippen LogP contribution in [-0.2, 0) is 13.1 Å². The van der Waals surface area contributed by atoms with Gasteiger partial charge in [0.05, 0.1) is 0 Å². The summed E-state index contributed by atoms with van der Waals surface area (Å²) >= 11 is 0. The van der Waals surface area contributed by atoms with Gasteiger partial charge in [-0.15, -0.1) is 24.0 Å². The van der Waals surface area contributed by atoms with Gasteiger partial charge in [-0.2, -0.15) is 0 Å². The molecule has 0 amide bonds. The van der Waals surface area contributed by atoms with Crippen LogP contribution in [0.4, 0.5) is 5.69 Å². The Labute approximate surface area is 168 Å². The molecule has 136 valence electrons. The van der Waals surface area contributed by atoms with Crippen molar-refractivity contribution in [2.24, 2.45) is 4.99 Å². The highest BCUT2D eigenvalue weighted by Crippen LogP contribution is 2.13. The molecule has 5 heteroatoms. The summed E-state index contributed by atoms with van der Waals surface area (Å²) in [4.78, 5) is 6.41. The van der Waals surface area contributed by atoms with Crippen molar-refractivity contribution in [3.8, 4) is 0 Å². The summed E-state index contributed by atoms with van der Waals surface area (Å²) < 4.78 is 0. The molecule has 0 aliphatic heterocycles. The molecule has 0 atom stereocenters. The lowest BCUT2D eigenvalue weighted by Gasteiger charge is -2.16. The molecule has 0 radical (unpaired) electrons. The van der Waals surface area contributed by atoms with Crippen molar-refractivity contribution in [2.45, 2.75) is 26.9 Å². The molecular weight excluding hydrogens is 423 g/mol. The van der Waals surface area contributed by atoms with Gasteiger partial charge in [-0.25, -0.2) is 0 Å². The molecule has 2 aromatic carbocycles. The second-order valence-electron chi connectivity index (χ2n) is 6.27. The summed E-state index contributed by atoms with van der Waals surface area (Å²) in [7, 11) is 5.90. The van der Waals surface area contributed by atoms with E-state index in [1.165, 1.54) is 27.9 Å². The number of benzene rings is 2. The van der Waals surface area contributed by atoms with E-state index in [1.807, 2.05) is 0 Å².